The minimum Gasteiger partial charge on any atom is -0.347 e. The molecule has 1 fully saturated rings. The van der Waals surface area contributed by atoms with Crippen molar-refractivity contribution in [1.82, 2.24) is 15.2 Å². The van der Waals surface area contributed by atoms with Gasteiger partial charge in [0.1, 0.15) is 0 Å². The van der Waals surface area contributed by atoms with Gasteiger partial charge in [0.2, 0.25) is 0 Å². The molecule has 0 atom stereocenters. The molecule has 0 amide bonds. The van der Waals surface area contributed by atoms with E-state index in [0.717, 1.165) is 37.6 Å². The van der Waals surface area contributed by atoms with Crippen LogP contribution in [-0.4, -0.2) is 49.5 Å². The van der Waals surface area contributed by atoms with Crippen molar-refractivity contribution in [2.75, 3.05) is 33.2 Å². The Morgan fingerprint density at radius 1 is 1.62 bits per heavy atom. The Balaban J connectivity index is 0.000000980. The van der Waals surface area contributed by atoms with Gasteiger partial charge in [0.05, 0.1) is 24.3 Å². The molecule has 0 unspecified atom stereocenters. The Labute approximate surface area is 79.4 Å². The topological polar surface area (TPSA) is 56.9 Å². The number of nitrogens with one attached hydrogen (secondary N) is 1. The molecule has 0 aromatic carbocycles. The van der Waals surface area contributed by atoms with Gasteiger partial charge in [-0.25, -0.2) is 5.84 Å². The van der Waals surface area contributed by atoms with E-state index < -0.39 is 0 Å². The number of hydrazine groups is 1. The molecule has 74 valence electrons. The van der Waals surface area contributed by atoms with Crippen LogP contribution in [0.3, 0.4) is 0 Å². The largest absolute Gasteiger partial charge is 0.347 e. The third kappa shape index (κ3) is 1.66. The molecule has 2 aliphatic rings. The first-order valence-corrected chi connectivity index (χ1v) is 4.45. The molecule has 5 nitrogen and oxygen atoms in total. The maximum atomic E-state index is 5.87. The number of nitrogens with zero attached hydrogens (tertiary/aromatic N) is 3. The molecule has 5 heteroatoms. The normalized spacial score (nSPS) is 29.5. The fourth-order valence-electron chi connectivity index (χ4n) is 1.59. The van der Waals surface area contributed by atoms with Gasteiger partial charge in [-0.3, -0.25) is 9.89 Å². The summed E-state index contributed by atoms with van der Waals surface area (Å²) in [6, 6.07) is 0. The van der Waals surface area contributed by atoms with Crippen molar-refractivity contribution in [2.45, 2.75) is 0 Å². The lowest BCUT2D eigenvalue weighted by Crippen LogP contribution is -2.47. The number of nitrogens with two attached hydrogens (primary N) is 1. The number of hydrogen-bond donors (Lipinski definition) is 2. The van der Waals surface area contributed by atoms with E-state index in [2.05, 4.69) is 22.3 Å². The summed E-state index contributed by atoms with van der Waals surface area (Å²) in [6.45, 7) is 3.55. The van der Waals surface area contributed by atoms with Crippen LogP contribution in [0.15, 0.2) is 16.4 Å². The van der Waals surface area contributed by atoms with E-state index in [1.54, 1.807) is 6.34 Å². The molecule has 1 saturated heterocycles. The summed E-state index contributed by atoms with van der Waals surface area (Å²) < 4.78 is 0. The van der Waals surface area contributed by atoms with Crippen LogP contribution in [0.2, 0.25) is 0 Å². The van der Waals surface area contributed by atoms with Crippen LogP contribution in [-0.2, 0) is 0 Å². The van der Waals surface area contributed by atoms with Crippen molar-refractivity contribution in [3.63, 3.8) is 0 Å². The second kappa shape index (κ2) is 3.35. The summed E-state index contributed by atoms with van der Waals surface area (Å²) in [5, 5.41) is 4.93. The minimum atomic E-state index is 0. The molecule has 0 bridgehead atoms. The molecular formula is C8H17N5. The molecule has 2 aliphatic heterocycles. The van der Waals surface area contributed by atoms with Gasteiger partial charge in [-0.15, -0.1) is 0 Å². The third-order valence-corrected chi connectivity index (χ3v) is 2.42. The first-order chi connectivity index (χ1) is 6.27. The van der Waals surface area contributed by atoms with Crippen LogP contribution >= 0.6 is 0 Å². The molecule has 0 aromatic rings. The highest BCUT2D eigenvalue weighted by molar-refractivity contribution is 5.61. The maximum absolute atomic E-state index is 5.87. The zero-order valence-corrected chi connectivity index (χ0v) is 7.82. The van der Waals surface area contributed by atoms with E-state index in [0.29, 0.717) is 0 Å². The third-order valence-electron chi connectivity index (χ3n) is 2.42. The first-order valence-electron chi connectivity index (χ1n) is 4.45. The monoisotopic (exact) mass is 183 g/mol. The van der Waals surface area contributed by atoms with Crippen molar-refractivity contribution in [3.05, 3.63) is 11.4 Å². The zero-order chi connectivity index (χ0) is 9.26. The lowest BCUT2D eigenvalue weighted by atomic mass is 10.2. The van der Waals surface area contributed by atoms with Gasteiger partial charge >= 0.3 is 0 Å². The fourth-order valence-corrected chi connectivity index (χ4v) is 1.59. The van der Waals surface area contributed by atoms with Gasteiger partial charge in [-0.05, 0) is 7.05 Å². The average molecular weight is 183 g/mol. The number of aliphatic imine (C=N–C) groups is 1. The molecule has 0 aromatic heterocycles. The quantitative estimate of drug-likeness (QED) is 0.483. The van der Waals surface area contributed by atoms with Crippen LogP contribution in [0.25, 0.3) is 0 Å². The van der Waals surface area contributed by atoms with Gasteiger partial charge in [0, 0.05) is 21.1 Å². The van der Waals surface area contributed by atoms with Crippen LogP contribution in [0.1, 0.15) is 1.43 Å². The van der Waals surface area contributed by atoms with E-state index in [4.69, 9.17) is 5.84 Å². The Bertz CT molecular complexity index is 252. The average Bonchev–Trinajstić information content (AvgIpc) is 2.61. The van der Waals surface area contributed by atoms with E-state index in [-0.39, 0.29) is 1.43 Å². The van der Waals surface area contributed by atoms with Crippen molar-refractivity contribution in [1.29, 1.82) is 0 Å². The Kier molecular flexibility index (Phi) is 2.20. The number of likely N-dealkylation sites (N-methyl/N-ethyl adjacent to an activating group) is 1. The smallest absolute Gasteiger partial charge is 0.0871 e. The van der Waals surface area contributed by atoms with Crippen molar-refractivity contribution in [2.24, 2.45) is 10.8 Å². The number of rotatable bonds is 0. The molecule has 13 heavy (non-hydrogen) atoms. The van der Waals surface area contributed by atoms with Gasteiger partial charge < -0.3 is 10.3 Å². The van der Waals surface area contributed by atoms with E-state index in [9.17, 15) is 0 Å². The second-order valence-corrected chi connectivity index (χ2v) is 3.47. The Morgan fingerprint density at radius 3 is 3.15 bits per heavy atom. The first kappa shape index (κ1) is 8.52. The standard InChI is InChI=1S/C8H15N5.H2/c1-12-2-3-13(9)8(5-12)7-4-10-6-11-7;/h6H,2-5,9H2,1H3,(H,10,11);1H/b8-7-;. The Morgan fingerprint density at radius 2 is 2.46 bits per heavy atom. The summed E-state index contributed by atoms with van der Waals surface area (Å²) in [5.41, 5.74) is 2.29. The van der Waals surface area contributed by atoms with E-state index in [1.165, 1.54) is 0 Å². The van der Waals surface area contributed by atoms with E-state index >= 15 is 0 Å². The van der Waals surface area contributed by atoms with Crippen LogP contribution in [0.4, 0.5) is 0 Å². The lowest BCUT2D eigenvalue weighted by molar-refractivity contribution is 0.202. The van der Waals surface area contributed by atoms with Gasteiger partial charge in [0.25, 0.3) is 0 Å². The fraction of sp³-hybridized carbons (Fsp3) is 0.625. The molecule has 3 N–H and O–H groups in total. The second-order valence-electron chi connectivity index (χ2n) is 3.47. The molecule has 0 spiro atoms. The van der Waals surface area contributed by atoms with Crippen LogP contribution in [0.5, 0.6) is 0 Å². The van der Waals surface area contributed by atoms with Crippen LogP contribution < -0.4 is 11.2 Å². The zero-order valence-electron chi connectivity index (χ0n) is 7.82. The number of hydrogen-bond acceptors (Lipinski definition) is 5. The van der Waals surface area contributed by atoms with Crippen molar-refractivity contribution >= 4 is 6.34 Å². The summed E-state index contributed by atoms with van der Waals surface area (Å²) >= 11 is 0. The predicted octanol–water partition coefficient (Wildman–Crippen LogP) is -0.803. The number of piperazine rings is 1. The molecular weight excluding hydrogens is 166 g/mol. The Hall–Kier alpha value is -1.07. The predicted molar refractivity (Wildman–Crippen MR) is 54.0 cm³/mol. The minimum absolute atomic E-state index is 0. The maximum Gasteiger partial charge on any atom is 0.0871 e. The van der Waals surface area contributed by atoms with Gasteiger partial charge in [0.15, 0.2) is 0 Å². The molecule has 2 heterocycles. The van der Waals surface area contributed by atoms with Crippen molar-refractivity contribution in [3.8, 4) is 0 Å². The molecule has 2 rings (SSSR count). The van der Waals surface area contributed by atoms with Gasteiger partial charge in [-0.1, -0.05) is 0 Å². The highest BCUT2D eigenvalue weighted by Gasteiger charge is 2.20. The van der Waals surface area contributed by atoms with Gasteiger partial charge in [-0.2, -0.15) is 0 Å². The summed E-state index contributed by atoms with van der Waals surface area (Å²) in [7, 11) is 2.10. The lowest BCUT2D eigenvalue weighted by Gasteiger charge is -2.34. The molecule has 0 aliphatic carbocycles. The highest BCUT2D eigenvalue weighted by Crippen LogP contribution is 2.12. The highest BCUT2D eigenvalue weighted by atomic mass is 15.4. The SMILES string of the molecule is CN1CCN(N)/C(=C2/CN=CN2)C1.[HH]. The van der Waals surface area contributed by atoms with Crippen LogP contribution in [0, 0.1) is 0 Å². The van der Waals surface area contributed by atoms with E-state index in [1.807, 2.05) is 5.01 Å². The molecule has 0 saturated carbocycles. The summed E-state index contributed by atoms with van der Waals surface area (Å²) in [6.07, 6.45) is 1.73. The molecule has 0 radical (unpaired) electrons. The summed E-state index contributed by atoms with van der Waals surface area (Å²) in [4.78, 5) is 6.36. The van der Waals surface area contributed by atoms with Crippen molar-refractivity contribution < 1.29 is 1.43 Å². The summed E-state index contributed by atoms with van der Waals surface area (Å²) in [5.74, 6) is 5.87.